The van der Waals surface area contributed by atoms with E-state index in [0.29, 0.717) is 17.7 Å². The van der Waals surface area contributed by atoms with Gasteiger partial charge in [0.15, 0.2) is 0 Å². The van der Waals surface area contributed by atoms with Crippen LogP contribution in [0, 0.1) is 0 Å². The fourth-order valence-electron chi connectivity index (χ4n) is 1.86. The number of alkyl halides is 3. The lowest BCUT2D eigenvalue weighted by Crippen LogP contribution is -2.37. The zero-order chi connectivity index (χ0) is 12.6. The highest BCUT2D eigenvalue weighted by Crippen LogP contribution is 2.35. The number of hydrogen-bond acceptors (Lipinski definition) is 1. The highest BCUT2D eigenvalue weighted by molar-refractivity contribution is 5.93. The number of amides is 2. The summed E-state index contributed by atoms with van der Waals surface area (Å²) in [5, 5.41) is 5.07. The molecule has 0 aromatic heterocycles. The Morgan fingerprint density at radius 2 is 2.06 bits per heavy atom. The van der Waals surface area contributed by atoms with Crippen molar-refractivity contribution in [3.8, 4) is 0 Å². The van der Waals surface area contributed by atoms with Crippen LogP contribution >= 0.6 is 0 Å². The van der Waals surface area contributed by atoms with Crippen molar-refractivity contribution in [2.75, 3.05) is 5.32 Å². The van der Waals surface area contributed by atoms with Crippen LogP contribution in [0.2, 0.25) is 0 Å². The maximum Gasteiger partial charge on any atom is 0.416 e. The van der Waals surface area contributed by atoms with Crippen LogP contribution in [0.15, 0.2) is 18.2 Å². The highest BCUT2D eigenvalue weighted by atomic mass is 19.4. The number of rotatable bonds is 1. The van der Waals surface area contributed by atoms with Crippen molar-refractivity contribution in [3.63, 3.8) is 0 Å². The molecule has 2 rings (SSSR count). The molecular formula is C11H11F3N2O. The summed E-state index contributed by atoms with van der Waals surface area (Å²) in [4.78, 5) is 11.2. The number of halogens is 3. The van der Waals surface area contributed by atoms with Gasteiger partial charge in [0, 0.05) is 5.69 Å². The second kappa shape index (κ2) is 3.94. The molecule has 17 heavy (non-hydrogen) atoms. The van der Waals surface area contributed by atoms with Crippen molar-refractivity contribution in [1.82, 2.24) is 5.32 Å². The second-order valence-corrected chi connectivity index (χ2v) is 3.86. The third kappa shape index (κ3) is 2.20. The summed E-state index contributed by atoms with van der Waals surface area (Å²) in [6.07, 6.45) is -3.82. The Balaban J connectivity index is 2.46. The standard InChI is InChI=1S/C11H11F3N2O/c1-2-8-7-5-6(11(12,13)14)3-4-9(7)16-10(17)15-8/h3-5,8H,2H2,1H3,(H2,15,16,17). The molecule has 1 aromatic carbocycles. The Bertz CT molecular complexity index is 457. The van der Waals surface area contributed by atoms with E-state index in [0.717, 1.165) is 12.1 Å². The second-order valence-electron chi connectivity index (χ2n) is 3.86. The molecule has 1 atom stereocenters. The molecule has 0 radical (unpaired) electrons. The first-order valence-corrected chi connectivity index (χ1v) is 5.20. The molecule has 6 heteroatoms. The molecule has 2 N–H and O–H groups in total. The molecule has 1 aliphatic rings. The maximum atomic E-state index is 12.6. The fraction of sp³-hybridized carbons (Fsp3) is 0.364. The average molecular weight is 244 g/mol. The molecule has 2 amide bonds. The van der Waals surface area contributed by atoms with E-state index < -0.39 is 11.7 Å². The van der Waals surface area contributed by atoms with Gasteiger partial charge < -0.3 is 10.6 Å². The lowest BCUT2D eigenvalue weighted by atomic mass is 9.98. The zero-order valence-corrected chi connectivity index (χ0v) is 9.06. The minimum atomic E-state index is -4.37. The van der Waals surface area contributed by atoms with Crippen LogP contribution in [0.4, 0.5) is 23.7 Å². The molecule has 0 saturated heterocycles. The van der Waals surface area contributed by atoms with Crippen LogP contribution in [-0.2, 0) is 6.18 Å². The van der Waals surface area contributed by atoms with Crippen LogP contribution in [0.25, 0.3) is 0 Å². The molecule has 92 valence electrons. The van der Waals surface area contributed by atoms with Gasteiger partial charge in [-0.1, -0.05) is 6.92 Å². The summed E-state index contributed by atoms with van der Waals surface area (Å²) < 4.78 is 37.7. The number of carbonyl (C=O) groups is 1. The number of urea groups is 1. The first kappa shape index (κ1) is 11.8. The Morgan fingerprint density at radius 1 is 1.35 bits per heavy atom. The number of nitrogens with one attached hydrogen (secondary N) is 2. The van der Waals surface area contributed by atoms with Crippen LogP contribution in [0.1, 0.15) is 30.5 Å². The highest BCUT2D eigenvalue weighted by Gasteiger charge is 2.33. The van der Waals surface area contributed by atoms with E-state index in [4.69, 9.17) is 0 Å². The van der Waals surface area contributed by atoms with Crippen LogP contribution < -0.4 is 10.6 Å². The van der Waals surface area contributed by atoms with Crippen LogP contribution in [0.5, 0.6) is 0 Å². The normalized spacial score (nSPS) is 19.3. The summed E-state index contributed by atoms with van der Waals surface area (Å²) >= 11 is 0. The van der Waals surface area contributed by atoms with E-state index in [1.807, 2.05) is 0 Å². The Labute approximate surface area is 96.0 Å². The van der Waals surface area contributed by atoms with Crippen molar-refractivity contribution in [3.05, 3.63) is 29.3 Å². The summed E-state index contributed by atoms with van der Waals surface area (Å²) in [6.45, 7) is 1.81. The number of anilines is 1. The van der Waals surface area contributed by atoms with Gasteiger partial charge in [-0.25, -0.2) is 4.79 Å². The monoisotopic (exact) mass is 244 g/mol. The van der Waals surface area contributed by atoms with Crippen molar-refractivity contribution < 1.29 is 18.0 Å². The fourth-order valence-corrected chi connectivity index (χ4v) is 1.86. The lowest BCUT2D eigenvalue weighted by molar-refractivity contribution is -0.137. The quantitative estimate of drug-likeness (QED) is 0.781. The van der Waals surface area contributed by atoms with Gasteiger partial charge in [0.2, 0.25) is 0 Å². The SMILES string of the molecule is CCC1NC(=O)Nc2ccc(C(F)(F)F)cc21. The van der Waals surface area contributed by atoms with E-state index in [1.54, 1.807) is 6.92 Å². The smallest absolute Gasteiger partial charge is 0.331 e. The van der Waals surface area contributed by atoms with E-state index in [1.165, 1.54) is 6.07 Å². The molecule has 0 aliphatic carbocycles. The van der Waals surface area contributed by atoms with Gasteiger partial charge in [0.25, 0.3) is 0 Å². The van der Waals surface area contributed by atoms with E-state index in [2.05, 4.69) is 10.6 Å². The van der Waals surface area contributed by atoms with Crippen molar-refractivity contribution >= 4 is 11.7 Å². The molecule has 1 aromatic rings. The summed E-state index contributed by atoms with van der Waals surface area (Å²) in [7, 11) is 0. The van der Waals surface area contributed by atoms with E-state index in [9.17, 15) is 18.0 Å². The number of benzene rings is 1. The molecule has 1 heterocycles. The topological polar surface area (TPSA) is 41.1 Å². The van der Waals surface area contributed by atoms with E-state index in [-0.39, 0.29) is 12.1 Å². The Morgan fingerprint density at radius 3 is 2.65 bits per heavy atom. The molecule has 1 unspecified atom stereocenters. The minimum absolute atomic E-state index is 0.374. The zero-order valence-electron chi connectivity index (χ0n) is 9.06. The van der Waals surface area contributed by atoms with Crippen molar-refractivity contribution in [2.45, 2.75) is 25.6 Å². The number of hydrogen-bond donors (Lipinski definition) is 2. The summed E-state index contributed by atoms with van der Waals surface area (Å²) in [5.74, 6) is 0. The Kier molecular flexibility index (Phi) is 2.73. The third-order valence-electron chi connectivity index (χ3n) is 2.72. The van der Waals surface area contributed by atoms with Crippen LogP contribution in [0.3, 0.4) is 0 Å². The van der Waals surface area contributed by atoms with Crippen molar-refractivity contribution in [2.24, 2.45) is 0 Å². The first-order valence-electron chi connectivity index (χ1n) is 5.20. The Hall–Kier alpha value is -1.72. The molecule has 0 spiro atoms. The van der Waals surface area contributed by atoms with Gasteiger partial charge >= 0.3 is 12.2 Å². The van der Waals surface area contributed by atoms with Crippen LogP contribution in [-0.4, -0.2) is 6.03 Å². The maximum absolute atomic E-state index is 12.6. The molecular weight excluding hydrogens is 233 g/mol. The number of carbonyl (C=O) groups excluding carboxylic acids is 1. The first-order chi connectivity index (χ1) is 7.91. The van der Waals surface area contributed by atoms with E-state index >= 15 is 0 Å². The van der Waals surface area contributed by atoms with Gasteiger partial charge in [-0.05, 0) is 30.2 Å². The lowest BCUT2D eigenvalue weighted by Gasteiger charge is -2.27. The predicted molar refractivity (Wildman–Crippen MR) is 56.6 cm³/mol. The molecule has 3 nitrogen and oxygen atoms in total. The predicted octanol–water partition coefficient (Wildman–Crippen LogP) is 3.29. The molecule has 0 bridgehead atoms. The van der Waals surface area contributed by atoms with Gasteiger partial charge in [0.1, 0.15) is 0 Å². The third-order valence-corrected chi connectivity index (χ3v) is 2.72. The molecule has 1 aliphatic heterocycles. The minimum Gasteiger partial charge on any atom is -0.331 e. The average Bonchev–Trinajstić information content (AvgIpc) is 2.25. The number of fused-ring (bicyclic) bond motifs is 1. The van der Waals surface area contributed by atoms with Gasteiger partial charge in [-0.15, -0.1) is 0 Å². The summed E-state index contributed by atoms with van der Waals surface area (Å²) in [5.41, 5.74) is 0.211. The molecule has 0 fully saturated rings. The molecule has 0 saturated carbocycles. The van der Waals surface area contributed by atoms with Crippen molar-refractivity contribution in [1.29, 1.82) is 0 Å². The van der Waals surface area contributed by atoms with Gasteiger partial charge in [-0.2, -0.15) is 13.2 Å². The van der Waals surface area contributed by atoms with Gasteiger partial charge in [-0.3, -0.25) is 0 Å². The largest absolute Gasteiger partial charge is 0.416 e. The van der Waals surface area contributed by atoms with Gasteiger partial charge in [0.05, 0.1) is 11.6 Å². The summed E-state index contributed by atoms with van der Waals surface area (Å²) in [6, 6.07) is 2.58.